The van der Waals surface area contributed by atoms with Gasteiger partial charge in [0.2, 0.25) is 0 Å². The number of aromatic nitrogens is 2. The summed E-state index contributed by atoms with van der Waals surface area (Å²) in [6, 6.07) is 7.58. The van der Waals surface area contributed by atoms with Crippen molar-refractivity contribution in [1.82, 2.24) is 9.97 Å². The number of Topliss-reactive ketones (excluding diaryl/α,β-unsaturated/α-hetero) is 1. The van der Waals surface area contributed by atoms with Crippen LogP contribution in [0.4, 0.5) is 0 Å². The van der Waals surface area contributed by atoms with Crippen molar-refractivity contribution in [3.63, 3.8) is 0 Å². The predicted octanol–water partition coefficient (Wildman–Crippen LogP) is 3.46. The van der Waals surface area contributed by atoms with Gasteiger partial charge in [-0.3, -0.25) is 4.79 Å². The van der Waals surface area contributed by atoms with E-state index in [4.69, 9.17) is 0 Å². The molecule has 0 spiro atoms. The zero-order valence-corrected chi connectivity index (χ0v) is 12.1. The molecule has 1 atom stereocenters. The molecule has 0 radical (unpaired) electrons. The SMILES string of the molecule is Cc1ccc(C(=O)C(C)Sc2ncccn2)cc1C. The number of thioether (sulfide) groups is 1. The van der Waals surface area contributed by atoms with E-state index in [2.05, 4.69) is 9.97 Å². The van der Waals surface area contributed by atoms with Crippen molar-refractivity contribution in [3.05, 3.63) is 53.3 Å². The lowest BCUT2D eigenvalue weighted by Gasteiger charge is -2.10. The average molecular weight is 272 g/mol. The maximum Gasteiger partial charge on any atom is 0.188 e. The Hall–Kier alpha value is -1.68. The molecule has 0 aliphatic carbocycles. The molecule has 2 rings (SSSR count). The van der Waals surface area contributed by atoms with Crippen LogP contribution in [0.3, 0.4) is 0 Å². The molecule has 0 fully saturated rings. The van der Waals surface area contributed by atoms with Crippen molar-refractivity contribution < 1.29 is 4.79 Å². The maximum absolute atomic E-state index is 12.3. The summed E-state index contributed by atoms with van der Waals surface area (Å²) in [5.41, 5.74) is 3.08. The molecule has 0 bridgehead atoms. The van der Waals surface area contributed by atoms with Gasteiger partial charge in [0, 0.05) is 18.0 Å². The summed E-state index contributed by atoms with van der Waals surface area (Å²) in [5.74, 6) is 0.112. The zero-order chi connectivity index (χ0) is 13.8. The average Bonchev–Trinajstić information content (AvgIpc) is 2.42. The van der Waals surface area contributed by atoms with Crippen LogP contribution in [0.2, 0.25) is 0 Å². The lowest BCUT2D eigenvalue weighted by molar-refractivity contribution is 0.0994. The second-order valence-electron chi connectivity index (χ2n) is 4.45. The minimum atomic E-state index is -0.190. The Kier molecular flexibility index (Phi) is 4.32. The molecule has 1 heterocycles. The van der Waals surface area contributed by atoms with E-state index in [1.807, 2.05) is 39.0 Å². The van der Waals surface area contributed by atoms with E-state index in [0.717, 1.165) is 11.1 Å². The molecular formula is C15H16N2OS. The fraction of sp³-hybridized carbons (Fsp3) is 0.267. The molecule has 98 valence electrons. The number of nitrogens with zero attached hydrogens (tertiary/aromatic N) is 2. The van der Waals surface area contributed by atoms with E-state index in [9.17, 15) is 4.79 Å². The van der Waals surface area contributed by atoms with Crippen molar-refractivity contribution in [1.29, 1.82) is 0 Å². The Morgan fingerprint density at radius 3 is 2.47 bits per heavy atom. The van der Waals surface area contributed by atoms with Gasteiger partial charge in [0.1, 0.15) is 0 Å². The number of aryl methyl sites for hydroxylation is 2. The highest BCUT2D eigenvalue weighted by atomic mass is 32.2. The molecule has 3 nitrogen and oxygen atoms in total. The summed E-state index contributed by atoms with van der Waals surface area (Å²) in [7, 11) is 0. The Balaban J connectivity index is 2.12. The lowest BCUT2D eigenvalue weighted by atomic mass is 10.0. The normalized spacial score (nSPS) is 12.2. The predicted molar refractivity (Wildman–Crippen MR) is 77.6 cm³/mol. The Labute approximate surface area is 117 Å². The van der Waals surface area contributed by atoms with Crippen LogP contribution in [0.25, 0.3) is 0 Å². The van der Waals surface area contributed by atoms with E-state index < -0.39 is 0 Å². The largest absolute Gasteiger partial charge is 0.293 e. The lowest BCUT2D eigenvalue weighted by Crippen LogP contribution is -2.14. The molecule has 0 N–H and O–H groups in total. The van der Waals surface area contributed by atoms with Gasteiger partial charge in [-0.05, 0) is 44.0 Å². The summed E-state index contributed by atoms with van der Waals surface area (Å²) >= 11 is 1.38. The molecule has 0 amide bonds. The summed E-state index contributed by atoms with van der Waals surface area (Å²) in [5, 5.41) is 0.441. The van der Waals surface area contributed by atoms with Gasteiger partial charge in [0.05, 0.1) is 5.25 Å². The van der Waals surface area contributed by atoms with Gasteiger partial charge in [0.15, 0.2) is 10.9 Å². The molecule has 0 saturated heterocycles. The Morgan fingerprint density at radius 1 is 1.16 bits per heavy atom. The molecule has 4 heteroatoms. The molecular weight excluding hydrogens is 256 g/mol. The third-order valence-electron chi connectivity index (χ3n) is 2.98. The van der Waals surface area contributed by atoms with Crippen LogP contribution in [0.5, 0.6) is 0 Å². The first-order valence-corrected chi connectivity index (χ1v) is 7.01. The topological polar surface area (TPSA) is 42.9 Å². The number of ketones is 1. The van der Waals surface area contributed by atoms with Crippen molar-refractivity contribution in [3.8, 4) is 0 Å². The maximum atomic E-state index is 12.3. The fourth-order valence-corrected chi connectivity index (χ4v) is 2.49. The van der Waals surface area contributed by atoms with Crippen LogP contribution in [0.1, 0.15) is 28.4 Å². The highest BCUT2D eigenvalue weighted by molar-refractivity contribution is 8.00. The summed E-state index contributed by atoms with van der Waals surface area (Å²) in [4.78, 5) is 20.6. The fourth-order valence-electron chi connectivity index (χ4n) is 1.69. The minimum absolute atomic E-state index is 0.112. The van der Waals surface area contributed by atoms with Crippen molar-refractivity contribution in [2.75, 3.05) is 0 Å². The van der Waals surface area contributed by atoms with E-state index in [-0.39, 0.29) is 11.0 Å². The van der Waals surface area contributed by atoms with Crippen LogP contribution in [0, 0.1) is 13.8 Å². The smallest absolute Gasteiger partial charge is 0.188 e. The van der Waals surface area contributed by atoms with E-state index >= 15 is 0 Å². The number of rotatable bonds is 4. The summed E-state index contributed by atoms with van der Waals surface area (Å²) in [6.07, 6.45) is 3.37. The molecule has 1 aromatic heterocycles. The van der Waals surface area contributed by atoms with Gasteiger partial charge in [-0.2, -0.15) is 0 Å². The van der Waals surface area contributed by atoms with Crippen LogP contribution in [0.15, 0.2) is 41.8 Å². The highest BCUT2D eigenvalue weighted by Gasteiger charge is 2.17. The zero-order valence-electron chi connectivity index (χ0n) is 11.3. The Bertz CT molecular complexity index is 584. The molecule has 2 aromatic rings. The molecule has 0 aliphatic rings. The highest BCUT2D eigenvalue weighted by Crippen LogP contribution is 2.22. The van der Waals surface area contributed by atoms with E-state index in [1.165, 1.54) is 17.3 Å². The van der Waals surface area contributed by atoms with Crippen molar-refractivity contribution in [2.24, 2.45) is 0 Å². The van der Waals surface area contributed by atoms with Crippen LogP contribution in [-0.4, -0.2) is 21.0 Å². The summed E-state index contributed by atoms with van der Waals surface area (Å²) < 4.78 is 0. The third-order valence-corrected chi connectivity index (χ3v) is 3.97. The quantitative estimate of drug-likeness (QED) is 0.485. The monoisotopic (exact) mass is 272 g/mol. The minimum Gasteiger partial charge on any atom is -0.293 e. The van der Waals surface area contributed by atoms with Gasteiger partial charge >= 0.3 is 0 Å². The number of carbonyl (C=O) groups is 1. The van der Waals surface area contributed by atoms with Crippen LogP contribution in [-0.2, 0) is 0 Å². The number of benzene rings is 1. The standard InChI is InChI=1S/C15H16N2OS/c1-10-5-6-13(9-11(10)2)14(18)12(3)19-15-16-7-4-8-17-15/h4-9,12H,1-3H3. The first-order chi connectivity index (χ1) is 9.08. The molecule has 19 heavy (non-hydrogen) atoms. The number of carbonyl (C=O) groups excluding carboxylic acids is 1. The second-order valence-corrected chi connectivity index (χ2v) is 5.76. The first kappa shape index (κ1) is 13.7. The second kappa shape index (κ2) is 5.97. The van der Waals surface area contributed by atoms with Gasteiger partial charge in [-0.25, -0.2) is 9.97 Å². The van der Waals surface area contributed by atoms with Crippen LogP contribution < -0.4 is 0 Å². The van der Waals surface area contributed by atoms with E-state index in [1.54, 1.807) is 18.5 Å². The van der Waals surface area contributed by atoms with Crippen LogP contribution >= 0.6 is 11.8 Å². The van der Waals surface area contributed by atoms with E-state index in [0.29, 0.717) is 5.16 Å². The molecule has 0 aliphatic heterocycles. The van der Waals surface area contributed by atoms with Crippen molar-refractivity contribution in [2.45, 2.75) is 31.2 Å². The van der Waals surface area contributed by atoms with Gasteiger partial charge in [-0.1, -0.05) is 23.9 Å². The van der Waals surface area contributed by atoms with Gasteiger partial charge < -0.3 is 0 Å². The Morgan fingerprint density at radius 2 is 1.84 bits per heavy atom. The van der Waals surface area contributed by atoms with Crippen molar-refractivity contribution >= 4 is 17.5 Å². The van der Waals surface area contributed by atoms with Gasteiger partial charge in [0.25, 0.3) is 0 Å². The first-order valence-electron chi connectivity index (χ1n) is 6.13. The molecule has 1 unspecified atom stereocenters. The van der Waals surface area contributed by atoms with Gasteiger partial charge in [-0.15, -0.1) is 0 Å². The summed E-state index contributed by atoms with van der Waals surface area (Å²) in [6.45, 7) is 5.95. The number of hydrogen-bond donors (Lipinski definition) is 0. The molecule has 1 aromatic carbocycles. The molecule has 0 saturated carbocycles. The number of hydrogen-bond acceptors (Lipinski definition) is 4. The third kappa shape index (κ3) is 3.41.